The quantitative estimate of drug-likeness (QED) is 0.890. The SMILES string of the molecule is CCNCc1sc(C2(C)CCCCO2)nc1CC. The molecule has 2 heterocycles. The molecule has 1 aromatic heterocycles. The van der Waals surface area contributed by atoms with Crippen molar-refractivity contribution in [3.05, 3.63) is 15.6 Å². The minimum atomic E-state index is -0.142. The van der Waals surface area contributed by atoms with Gasteiger partial charge in [0, 0.05) is 18.0 Å². The molecule has 1 atom stereocenters. The minimum Gasteiger partial charge on any atom is -0.368 e. The van der Waals surface area contributed by atoms with Gasteiger partial charge in [0.25, 0.3) is 0 Å². The second-order valence-electron chi connectivity index (χ2n) is 5.06. The highest BCUT2D eigenvalue weighted by Gasteiger charge is 2.33. The summed E-state index contributed by atoms with van der Waals surface area (Å²) in [5.74, 6) is 0. The van der Waals surface area contributed by atoms with Crippen LogP contribution in [-0.4, -0.2) is 18.1 Å². The van der Waals surface area contributed by atoms with Crippen molar-refractivity contribution in [3.8, 4) is 0 Å². The highest BCUT2D eigenvalue weighted by molar-refractivity contribution is 7.11. The molecule has 0 aromatic carbocycles. The number of hydrogen-bond acceptors (Lipinski definition) is 4. The zero-order chi connectivity index (χ0) is 13.0. The number of hydrogen-bond donors (Lipinski definition) is 1. The Labute approximate surface area is 114 Å². The topological polar surface area (TPSA) is 34.1 Å². The van der Waals surface area contributed by atoms with Crippen LogP contribution in [0.1, 0.15) is 55.6 Å². The van der Waals surface area contributed by atoms with Crippen molar-refractivity contribution in [3.63, 3.8) is 0 Å². The van der Waals surface area contributed by atoms with Gasteiger partial charge in [0.05, 0.1) is 5.69 Å². The summed E-state index contributed by atoms with van der Waals surface area (Å²) < 4.78 is 6.00. The van der Waals surface area contributed by atoms with E-state index >= 15 is 0 Å². The number of aromatic nitrogens is 1. The normalized spacial score (nSPS) is 24.4. The third-order valence-corrected chi connectivity index (χ3v) is 4.91. The highest BCUT2D eigenvalue weighted by Crippen LogP contribution is 2.38. The monoisotopic (exact) mass is 268 g/mol. The molecular formula is C14H24N2OS. The molecule has 1 fully saturated rings. The first-order chi connectivity index (χ1) is 8.69. The van der Waals surface area contributed by atoms with Crippen LogP contribution in [0, 0.1) is 0 Å². The Hall–Kier alpha value is -0.450. The van der Waals surface area contributed by atoms with Crippen LogP contribution < -0.4 is 5.32 Å². The summed E-state index contributed by atoms with van der Waals surface area (Å²) in [6, 6.07) is 0. The molecule has 0 saturated carbocycles. The zero-order valence-electron chi connectivity index (χ0n) is 11.7. The predicted octanol–water partition coefficient (Wildman–Crippen LogP) is 3.23. The molecule has 1 N–H and O–H groups in total. The van der Waals surface area contributed by atoms with Crippen molar-refractivity contribution in [2.75, 3.05) is 13.2 Å². The largest absolute Gasteiger partial charge is 0.368 e. The summed E-state index contributed by atoms with van der Waals surface area (Å²) in [6.07, 6.45) is 4.55. The molecule has 3 nitrogen and oxygen atoms in total. The number of ether oxygens (including phenoxy) is 1. The molecule has 1 unspecified atom stereocenters. The Kier molecular flexibility index (Phi) is 4.76. The van der Waals surface area contributed by atoms with Gasteiger partial charge in [0.2, 0.25) is 0 Å². The Balaban J connectivity index is 2.19. The Morgan fingerprint density at radius 2 is 2.22 bits per heavy atom. The lowest BCUT2D eigenvalue weighted by molar-refractivity contribution is -0.0702. The molecule has 1 aliphatic rings. The molecule has 0 bridgehead atoms. The van der Waals surface area contributed by atoms with E-state index in [1.54, 1.807) is 0 Å². The van der Waals surface area contributed by atoms with E-state index in [0.29, 0.717) is 0 Å². The molecule has 1 aromatic rings. The van der Waals surface area contributed by atoms with Crippen LogP contribution in [0.2, 0.25) is 0 Å². The first kappa shape index (κ1) is 14.0. The highest BCUT2D eigenvalue weighted by atomic mass is 32.1. The van der Waals surface area contributed by atoms with Crippen molar-refractivity contribution in [2.45, 2.75) is 58.6 Å². The average Bonchev–Trinajstić information content (AvgIpc) is 2.81. The van der Waals surface area contributed by atoms with Crippen LogP contribution >= 0.6 is 11.3 Å². The lowest BCUT2D eigenvalue weighted by atomic mass is 9.97. The average molecular weight is 268 g/mol. The number of rotatable bonds is 5. The molecule has 4 heteroatoms. The fraction of sp³-hybridized carbons (Fsp3) is 0.786. The van der Waals surface area contributed by atoms with Crippen molar-refractivity contribution in [1.29, 1.82) is 0 Å². The summed E-state index contributed by atoms with van der Waals surface area (Å²) in [6.45, 7) is 9.33. The fourth-order valence-corrected chi connectivity index (χ4v) is 3.61. The summed E-state index contributed by atoms with van der Waals surface area (Å²) in [5.41, 5.74) is 1.10. The van der Waals surface area contributed by atoms with Crippen LogP contribution in [0.25, 0.3) is 0 Å². The first-order valence-electron chi connectivity index (χ1n) is 7.03. The number of thiazole rings is 1. The van der Waals surface area contributed by atoms with Gasteiger partial charge < -0.3 is 10.1 Å². The Morgan fingerprint density at radius 3 is 2.83 bits per heavy atom. The maximum atomic E-state index is 6.00. The van der Waals surface area contributed by atoms with Gasteiger partial charge in [-0.3, -0.25) is 0 Å². The molecule has 0 aliphatic carbocycles. The molecule has 2 rings (SSSR count). The van der Waals surface area contributed by atoms with Gasteiger partial charge in [-0.25, -0.2) is 4.98 Å². The molecule has 0 amide bonds. The van der Waals surface area contributed by atoms with E-state index in [4.69, 9.17) is 9.72 Å². The van der Waals surface area contributed by atoms with E-state index < -0.39 is 0 Å². The molecule has 18 heavy (non-hydrogen) atoms. The third-order valence-electron chi connectivity index (χ3n) is 3.57. The van der Waals surface area contributed by atoms with Crippen molar-refractivity contribution >= 4 is 11.3 Å². The zero-order valence-corrected chi connectivity index (χ0v) is 12.5. The smallest absolute Gasteiger partial charge is 0.125 e. The number of nitrogens with zero attached hydrogens (tertiary/aromatic N) is 1. The lowest BCUT2D eigenvalue weighted by Crippen LogP contribution is -2.30. The summed E-state index contributed by atoms with van der Waals surface area (Å²) in [5, 5.41) is 4.57. The van der Waals surface area contributed by atoms with E-state index in [-0.39, 0.29) is 5.60 Å². The molecule has 0 spiro atoms. The molecule has 1 aliphatic heterocycles. The minimum absolute atomic E-state index is 0.142. The van der Waals surface area contributed by atoms with Gasteiger partial charge in [-0.05, 0) is 39.2 Å². The van der Waals surface area contributed by atoms with Crippen molar-refractivity contribution in [1.82, 2.24) is 10.3 Å². The van der Waals surface area contributed by atoms with E-state index in [1.807, 2.05) is 11.3 Å². The molecule has 0 radical (unpaired) electrons. The van der Waals surface area contributed by atoms with E-state index in [0.717, 1.165) is 32.5 Å². The standard InChI is InChI=1S/C14H24N2OS/c1-4-11-12(10-15-5-2)18-13(16-11)14(3)8-6-7-9-17-14/h15H,4-10H2,1-3H3. The second kappa shape index (κ2) is 6.13. The summed E-state index contributed by atoms with van der Waals surface area (Å²) in [7, 11) is 0. The van der Waals surface area contributed by atoms with Gasteiger partial charge in [0.15, 0.2) is 0 Å². The van der Waals surface area contributed by atoms with Gasteiger partial charge in [-0.1, -0.05) is 13.8 Å². The number of nitrogens with one attached hydrogen (secondary N) is 1. The van der Waals surface area contributed by atoms with Crippen LogP contribution in [0.5, 0.6) is 0 Å². The lowest BCUT2D eigenvalue weighted by Gasteiger charge is -2.31. The maximum Gasteiger partial charge on any atom is 0.125 e. The Bertz CT molecular complexity index is 383. The van der Waals surface area contributed by atoms with Crippen LogP contribution in [-0.2, 0) is 23.3 Å². The van der Waals surface area contributed by atoms with Crippen LogP contribution in [0.4, 0.5) is 0 Å². The van der Waals surface area contributed by atoms with Crippen molar-refractivity contribution in [2.24, 2.45) is 0 Å². The molecular weight excluding hydrogens is 244 g/mol. The van der Waals surface area contributed by atoms with Crippen LogP contribution in [0.15, 0.2) is 0 Å². The maximum absolute atomic E-state index is 6.00. The summed E-state index contributed by atoms with van der Waals surface area (Å²) in [4.78, 5) is 6.21. The fourth-order valence-electron chi connectivity index (χ4n) is 2.37. The van der Waals surface area contributed by atoms with Gasteiger partial charge in [-0.2, -0.15) is 0 Å². The third kappa shape index (κ3) is 2.92. The van der Waals surface area contributed by atoms with Crippen molar-refractivity contribution < 1.29 is 4.74 Å². The Morgan fingerprint density at radius 1 is 1.39 bits per heavy atom. The van der Waals surface area contributed by atoms with Gasteiger partial charge in [-0.15, -0.1) is 11.3 Å². The molecule has 102 valence electrons. The van der Waals surface area contributed by atoms with E-state index in [9.17, 15) is 0 Å². The van der Waals surface area contributed by atoms with Gasteiger partial charge in [0.1, 0.15) is 10.6 Å². The first-order valence-corrected chi connectivity index (χ1v) is 7.85. The van der Waals surface area contributed by atoms with E-state index in [2.05, 4.69) is 26.1 Å². The van der Waals surface area contributed by atoms with Gasteiger partial charge >= 0.3 is 0 Å². The van der Waals surface area contributed by atoms with Crippen LogP contribution in [0.3, 0.4) is 0 Å². The molecule has 1 saturated heterocycles. The second-order valence-corrected chi connectivity index (χ2v) is 6.14. The number of aryl methyl sites for hydroxylation is 1. The summed E-state index contributed by atoms with van der Waals surface area (Å²) >= 11 is 1.83. The predicted molar refractivity (Wildman–Crippen MR) is 76.0 cm³/mol. The van der Waals surface area contributed by atoms with E-state index in [1.165, 1.54) is 28.4 Å².